The van der Waals surface area contributed by atoms with Crippen LogP contribution >= 0.6 is 7.29 Å². The third-order valence-electron chi connectivity index (χ3n) is 5.61. The van der Waals surface area contributed by atoms with Crippen LogP contribution < -0.4 is 15.3 Å². The summed E-state index contributed by atoms with van der Waals surface area (Å²) in [6, 6.07) is 28.2. The third kappa shape index (κ3) is 4.47. The van der Waals surface area contributed by atoms with Crippen LogP contribution in [-0.4, -0.2) is 25.9 Å². The van der Waals surface area contributed by atoms with Crippen LogP contribution in [-0.2, 0) is 4.57 Å². The zero-order chi connectivity index (χ0) is 22.1. The lowest BCUT2D eigenvalue weighted by Crippen LogP contribution is -2.22. The largest absolute Gasteiger partial charge is 0.497 e. The molecular weight excluding hydrogens is 417 g/mol. The normalized spacial score (nSPS) is 21.2. The first-order chi connectivity index (χ1) is 14.8. The maximum atomic E-state index is 14.9. The van der Waals surface area contributed by atoms with E-state index in [9.17, 15) is 4.57 Å². The molecule has 0 radical (unpaired) electrons. The molecule has 3 nitrogen and oxygen atoms in total. The predicted octanol–water partition coefficient (Wildman–Crippen LogP) is 5.78. The first-order valence-corrected chi connectivity index (χ1v) is 15.9. The second-order valence-corrected chi connectivity index (χ2v) is 16.8. The van der Waals surface area contributed by atoms with Crippen molar-refractivity contribution in [2.24, 2.45) is 0 Å². The van der Waals surface area contributed by atoms with Crippen molar-refractivity contribution in [3.8, 4) is 5.75 Å². The van der Waals surface area contributed by atoms with Crippen LogP contribution in [0.4, 0.5) is 0 Å². The molecule has 0 aliphatic carbocycles. The molecular formula is C26H30NO2PSi. The summed E-state index contributed by atoms with van der Waals surface area (Å²) in [5.74, 6) is 0.833. The first kappa shape index (κ1) is 21.8. The molecule has 3 atom stereocenters. The van der Waals surface area contributed by atoms with Crippen LogP contribution in [0.15, 0.2) is 96.7 Å². The Balaban J connectivity index is 1.83. The van der Waals surface area contributed by atoms with Gasteiger partial charge in [0, 0.05) is 10.6 Å². The van der Waals surface area contributed by atoms with Crippen LogP contribution in [0.3, 0.4) is 0 Å². The van der Waals surface area contributed by atoms with E-state index in [0.717, 1.165) is 21.9 Å². The van der Waals surface area contributed by atoms with E-state index in [1.807, 2.05) is 72.8 Å². The molecule has 1 aliphatic rings. The lowest BCUT2D eigenvalue weighted by Gasteiger charge is -2.22. The van der Waals surface area contributed by atoms with E-state index < -0.39 is 15.4 Å². The number of methoxy groups -OCH3 is 1. The van der Waals surface area contributed by atoms with E-state index >= 15 is 0 Å². The van der Waals surface area contributed by atoms with Crippen LogP contribution in [0, 0.1) is 0 Å². The Bertz CT molecular complexity index is 1050. The molecule has 0 N–H and O–H groups in total. The number of hydrogen-bond acceptors (Lipinski definition) is 2. The van der Waals surface area contributed by atoms with Crippen LogP contribution in [0.25, 0.3) is 0 Å². The van der Waals surface area contributed by atoms with E-state index in [1.54, 1.807) is 7.11 Å². The Labute approximate surface area is 186 Å². The minimum Gasteiger partial charge on any atom is -0.497 e. The van der Waals surface area contributed by atoms with Crippen molar-refractivity contribution in [3.05, 3.63) is 102 Å². The number of ether oxygens (including phenoxy) is 1. The minimum atomic E-state index is -3.00. The predicted molar refractivity (Wildman–Crippen MR) is 134 cm³/mol. The molecule has 0 saturated carbocycles. The van der Waals surface area contributed by atoms with E-state index in [0.29, 0.717) is 0 Å². The van der Waals surface area contributed by atoms with Gasteiger partial charge in [0.1, 0.15) is 5.75 Å². The van der Waals surface area contributed by atoms with E-state index in [-0.39, 0.29) is 12.1 Å². The number of nitrogens with zero attached hydrogens (tertiary/aromatic N) is 1. The molecule has 1 heterocycles. The molecule has 3 aromatic rings. The summed E-state index contributed by atoms with van der Waals surface area (Å²) in [5, 5.41) is 1.76. The van der Waals surface area contributed by atoms with E-state index in [1.165, 1.54) is 0 Å². The number of benzene rings is 3. The topological polar surface area (TPSA) is 29.3 Å². The summed E-state index contributed by atoms with van der Waals surface area (Å²) in [6.45, 7) is 6.98. The van der Waals surface area contributed by atoms with Gasteiger partial charge in [0.15, 0.2) is 0 Å². The standard InChI is InChI=1S/C26H30NO2PSi/c1-29-22-17-15-21(16-18-22)26-25(19-20-31(2,3)4)27(26)30(28,23-11-7-5-8-12-23)24-13-9-6-10-14-24/h5-20,25-26H,1-4H3/b20-19+/t25-,26+,27?/m1/s1. The smallest absolute Gasteiger partial charge is 0.208 e. The van der Waals surface area contributed by atoms with Crippen molar-refractivity contribution in [1.29, 1.82) is 0 Å². The Morgan fingerprint density at radius 3 is 1.81 bits per heavy atom. The summed E-state index contributed by atoms with van der Waals surface area (Å²) in [6.07, 6.45) is 2.29. The van der Waals surface area contributed by atoms with Gasteiger partial charge in [-0.2, -0.15) is 0 Å². The Morgan fingerprint density at radius 1 is 0.839 bits per heavy atom. The molecule has 0 aromatic heterocycles. The fourth-order valence-corrected chi connectivity index (χ4v) is 7.91. The first-order valence-electron chi connectivity index (χ1n) is 10.7. The highest BCUT2D eigenvalue weighted by atomic mass is 31.2. The molecule has 160 valence electrons. The van der Waals surface area contributed by atoms with Gasteiger partial charge in [-0.25, -0.2) is 4.67 Å². The molecule has 0 amide bonds. The molecule has 0 bridgehead atoms. The average molecular weight is 448 g/mol. The molecule has 5 heteroatoms. The van der Waals surface area contributed by atoms with Crippen LogP contribution in [0.2, 0.25) is 19.6 Å². The third-order valence-corrected chi connectivity index (χ3v) is 9.97. The molecule has 1 aliphatic heterocycles. The highest BCUT2D eigenvalue weighted by Gasteiger charge is 2.57. The summed E-state index contributed by atoms with van der Waals surface area (Å²) < 4.78 is 22.5. The fraction of sp³-hybridized carbons (Fsp3) is 0.231. The highest BCUT2D eigenvalue weighted by Crippen LogP contribution is 2.64. The molecule has 1 saturated heterocycles. The maximum Gasteiger partial charge on any atom is 0.208 e. The van der Waals surface area contributed by atoms with Crippen molar-refractivity contribution in [2.45, 2.75) is 31.7 Å². The average Bonchev–Trinajstić information content (AvgIpc) is 3.53. The van der Waals surface area contributed by atoms with Gasteiger partial charge in [0.2, 0.25) is 7.29 Å². The monoisotopic (exact) mass is 447 g/mol. The Hall–Kier alpha value is -2.39. The van der Waals surface area contributed by atoms with Crippen molar-refractivity contribution in [1.82, 2.24) is 4.67 Å². The van der Waals surface area contributed by atoms with Gasteiger partial charge in [-0.15, -0.1) is 0 Å². The van der Waals surface area contributed by atoms with Gasteiger partial charge in [0.25, 0.3) is 0 Å². The summed E-state index contributed by atoms with van der Waals surface area (Å²) in [5.41, 5.74) is 3.53. The van der Waals surface area contributed by atoms with Gasteiger partial charge in [-0.3, -0.25) is 4.57 Å². The molecule has 0 spiro atoms. The molecule has 4 rings (SSSR count). The SMILES string of the molecule is COc1ccc([C@H]2[C@@H](/C=C/[Si](C)(C)C)N2P(=O)(c2ccccc2)c2ccccc2)cc1. The maximum absolute atomic E-state index is 14.9. The van der Waals surface area contributed by atoms with Crippen LogP contribution in [0.1, 0.15) is 11.6 Å². The molecule has 1 fully saturated rings. The fourth-order valence-electron chi connectivity index (χ4n) is 4.01. The zero-order valence-electron chi connectivity index (χ0n) is 18.6. The lowest BCUT2D eigenvalue weighted by atomic mass is 10.1. The number of rotatable bonds is 7. The second kappa shape index (κ2) is 8.62. The lowest BCUT2D eigenvalue weighted by molar-refractivity contribution is 0.414. The Morgan fingerprint density at radius 2 is 1.35 bits per heavy atom. The van der Waals surface area contributed by atoms with Gasteiger partial charge in [0.05, 0.1) is 27.3 Å². The second-order valence-electron chi connectivity index (χ2n) is 9.06. The molecule has 31 heavy (non-hydrogen) atoms. The summed E-state index contributed by atoms with van der Waals surface area (Å²) >= 11 is 0. The van der Waals surface area contributed by atoms with Crippen LogP contribution in [0.5, 0.6) is 5.75 Å². The zero-order valence-corrected chi connectivity index (χ0v) is 20.5. The highest BCUT2D eigenvalue weighted by molar-refractivity contribution is 7.76. The summed E-state index contributed by atoms with van der Waals surface area (Å²) in [7, 11) is -2.71. The number of hydrogen-bond donors (Lipinski definition) is 0. The van der Waals surface area contributed by atoms with Gasteiger partial charge in [-0.05, 0) is 42.0 Å². The van der Waals surface area contributed by atoms with Crippen molar-refractivity contribution in [3.63, 3.8) is 0 Å². The van der Waals surface area contributed by atoms with E-state index in [2.05, 4.69) is 48.2 Å². The van der Waals surface area contributed by atoms with Crippen molar-refractivity contribution >= 4 is 26.0 Å². The van der Waals surface area contributed by atoms with Crippen molar-refractivity contribution < 1.29 is 9.30 Å². The molecule has 1 unspecified atom stereocenters. The van der Waals surface area contributed by atoms with Gasteiger partial charge >= 0.3 is 0 Å². The van der Waals surface area contributed by atoms with E-state index in [4.69, 9.17) is 4.74 Å². The summed E-state index contributed by atoms with van der Waals surface area (Å²) in [4.78, 5) is 0. The molecule has 3 aromatic carbocycles. The minimum absolute atomic E-state index is 0.0738. The van der Waals surface area contributed by atoms with Gasteiger partial charge in [-0.1, -0.05) is 79.9 Å². The quantitative estimate of drug-likeness (QED) is 0.261. The Kier molecular flexibility index (Phi) is 6.07. The van der Waals surface area contributed by atoms with Gasteiger partial charge < -0.3 is 4.74 Å². The van der Waals surface area contributed by atoms with Crippen molar-refractivity contribution in [2.75, 3.05) is 7.11 Å².